The van der Waals surface area contributed by atoms with Crippen molar-refractivity contribution >= 4 is 17.4 Å². The minimum atomic E-state index is -0.117. The molecule has 21 heavy (non-hydrogen) atoms. The van der Waals surface area contributed by atoms with E-state index in [-0.39, 0.29) is 11.7 Å². The molecular weight excluding hydrogens is 266 g/mol. The minimum absolute atomic E-state index is 0.0836. The molecule has 0 radical (unpaired) electrons. The summed E-state index contributed by atoms with van der Waals surface area (Å²) < 4.78 is 5.15. The molecule has 106 valence electrons. The van der Waals surface area contributed by atoms with E-state index in [1.807, 2.05) is 18.2 Å². The number of amides is 1. The fourth-order valence-electron chi connectivity index (χ4n) is 2.54. The number of ketones is 1. The van der Waals surface area contributed by atoms with Gasteiger partial charge < -0.3 is 9.64 Å². The second-order valence-electron chi connectivity index (χ2n) is 4.88. The molecule has 0 saturated heterocycles. The Morgan fingerprint density at radius 1 is 1.14 bits per heavy atom. The lowest BCUT2D eigenvalue weighted by atomic mass is 9.99. The maximum Gasteiger partial charge on any atom is 0.258 e. The first-order chi connectivity index (χ1) is 10.2. The van der Waals surface area contributed by atoms with Crippen molar-refractivity contribution in [2.75, 3.05) is 18.6 Å². The number of hydrogen-bond donors (Lipinski definition) is 0. The van der Waals surface area contributed by atoms with Crippen LogP contribution >= 0.6 is 0 Å². The maximum absolute atomic E-state index is 12.7. The summed E-state index contributed by atoms with van der Waals surface area (Å²) >= 11 is 0. The van der Waals surface area contributed by atoms with Crippen molar-refractivity contribution in [3.05, 3.63) is 59.7 Å². The van der Waals surface area contributed by atoms with Crippen molar-refractivity contribution in [3.8, 4) is 5.75 Å². The summed E-state index contributed by atoms with van der Waals surface area (Å²) in [6.07, 6.45) is 0.354. The molecule has 2 aromatic rings. The third-order valence-corrected chi connectivity index (χ3v) is 3.62. The largest absolute Gasteiger partial charge is 0.497 e. The molecule has 0 unspecified atom stereocenters. The van der Waals surface area contributed by atoms with Crippen LogP contribution in [0.3, 0.4) is 0 Å². The summed E-state index contributed by atoms with van der Waals surface area (Å²) in [5.74, 6) is 0.608. The molecule has 4 nitrogen and oxygen atoms in total. The minimum Gasteiger partial charge on any atom is -0.497 e. The summed E-state index contributed by atoms with van der Waals surface area (Å²) in [7, 11) is 1.57. The molecule has 0 N–H and O–H groups in total. The smallest absolute Gasteiger partial charge is 0.258 e. The maximum atomic E-state index is 12.7. The highest BCUT2D eigenvalue weighted by molar-refractivity contribution is 6.13. The van der Waals surface area contributed by atoms with E-state index in [2.05, 4.69) is 0 Å². The topological polar surface area (TPSA) is 46.6 Å². The van der Waals surface area contributed by atoms with Crippen molar-refractivity contribution < 1.29 is 14.3 Å². The molecule has 0 atom stereocenters. The molecule has 0 spiro atoms. The number of nitrogens with zero attached hydrogens (tertiary/aromatic N) is 1. The Balaban J connectivity index is 1.99. The van der Waals surface area contributed by atoms with Gasteiger partial charge >= 0.3 is 0 Å². The summed E-state index contributed by atoms with van der Waals surface area (Å²) in [6.45, 7) is 0.409. The van der Waals surface area contributed by atoms with E-state index >= 15 is 0 Å². The molecule has 0 aromatic heterocycles. The summed E-state index contributed by atoms with van der Waals surface area (Å²) in [5.41, 5.74) is 1.85. The van der Waals surface area contributed by atoms with E-state index in [0.29, 0.717) is 35.5 Å². The van der Waals surface area contributed by atoms with E-state index in [1.165, 1.54) is 0 Å². The predicted molar refractivity (Wildman–Crippen MR) is 80.1 cm³/mol. The highest BCUT2D eigenvalue weighted by atomic mass is 16.5. The van der Waals surface area contributed by atoms with Crippen LogP contribution in [0.4, 0.5) is 5.69 Å². The van der Waals surface area contributed by atoms with Crippen molar-refractivity contribution in [1.29, 1.82) is 0 Å². The van der Waals surface area contributed by atoms with Crippen molar-refractivity contribution in [2.45, 2.75) is 6.42 Å². The Hall–Kier alpha value is -2.62. The van der Waals surface area contributed by atoms with E-state index in [9.17, 15) is 9.59 Å². The normalized spacial score (nSPS) is 13.8. The van der Waals surface area contributed by atoms with Gasteiger partial charge in [-0.2, -0.15) is 0 Å². The van der Waals surface area contributed by atoms with Crippen molar-refractivity contribution in [2.24, 2.45) is 0 Å². The molecule has 0 bridgehead atoms. The van der Waals surface area contributed by atoms with Gasteiger partial charge in [-0.3, -0.25) is 9.59 Å². The van der Waals surface area contributed by atoms with Gasteiger partial charge in [0.1, 0.15) is 5.75 Å². The molecule has 0 aliphatic carbocycles. The van der Waals surface area contributed by atoms with Crippen molar-refractivity contribution in [1.82, 2.24) is 0 Å². The number of Topliss-reactive ketones (excluding diaryl/α,β-unsaturated/α-hetero) is 1. The molecule has 1 aliphatic heterocycles. The molecule has 1 aliphatic rings. The summed E-state index contributed by atoms with van der Waals surface area (Å²) in [5, 5.41) is 0. The van der Waals surface area contributed by atoms with Crippen LogP contribution in [0.1, 0.15) is 27.1 Å². The number of ether oxygens (including phenoxy) is 1. The number of carbonyl (C=O) groups is 2. The standard InChI is InChI=1S/C17H15NO3/c1-21-13-6-4-5-12(11-13)17(20)18-10-9-16(19)14-7-2-3-8-15(14)18/h2-8,11H,9-10H2,1H3. The number of benzene rings is 2. The second-order valence-corrected chi connectivity index (χ2v) is 4.88. The number of fused-ring (bicyclic) bond motifs is 1. The molecular formula is C17H15NO3. The average molecular weight is 281 g/mol. The Morgan fingerprint density at radius 2 is 1.95 bits per heavy atom. The molecule has 1 amide bonds. The molecule has 4 heteroatoms. The zero-order valence-corrected chi connectivity index (χ0v) is 11.7. The molecule has 0 fully saturated rings. The Morgan fingerprint density at radius 3 is 2.76 bits per heavy atom. The predicted octanol–water partition coefficient (Wildman–Crippen LogP) is 2.93. The lowest BCUT2D eigenvalue weighted by molar-refractivity contribution is 0.0955. The first-order valence-electron chi connectivity index (χ1n) is 6.79. The van der Waals surface area contributed by atoms with Crippen LogP contribution in [-0.2, 0) is 0 Å². The fourth-order valence-corrected chi connectivity index (χ4v) is 2.54. The molecule has 1 heterocycles. The average Bonchev–Trinajstić information content (AvgIpc) is 2.55. The van der Waals surface area contributed by atoms with Crippen LogP contribution < -0.4 is 9.64 Å². The quantitative estimate of drug-likeness (QED) is 0.850. The van der Waals surface area contributed by atoms with E-state index in [0.717, 1.165) is 0 Å². The Kier molecular flexibility index (Phi) is 3.44. The van der Waals surface area contributed by atoms with Gasteiger partial charge in [0.15, 0.2) is 5.78 Å². The van der Waals surface area contributed by atoms with E-state index in [1.54, 1.807) is 42.3 Å². The van der Waals surface area contributed by atoms with E-state index < -0.39 is 0 Å². The van der Waals surface area contributed by atoms with Crippen LogP contribution in [0, 0.1) is 0 Å². The first kappa shape index (κ1) is 13.4. The lowest BCUT2D eigenvalue weighted by Crippen LogP contribution is -2.37. The third kappa shape index (κ3) is 2.40. The zero-order chi connectivity index (χ0) is 14.8. The van der Waals surface area contributed by atoms with Gasteiger partial charge in [-0.15, -0.1) is 0 Å². The molecule has 0 saturated carbocycles. The number of rotatable bonds is 2. The number of carbonyl (C=O) groups excluding carboxylic acids is 2. The van der Waals surface area contributed by atoms with Crippen LogP contribution in [0.25, 0.3) is 0 Å². The number of para-hydroxylation sites is 1. The number of anilines is 1. The number of methoxy groups -OCH3 is 1. The van der Waals surface area contributed by atoms with Gasteiger partial charge in [-0.1, -0.05) is 18.2 Å². The zero-order valence-electron chi connectivity index (χ0n) is 11.7. The van der Waals surface area contributed by atoms with Crippen molar-refractivity contribution in [3.63, 3.8) is 0 Å². The van der Waals surface area contributed by atoms with Gasteiger partial charge in [0.2, 0.25) is 0 Å². The highest BCUT2D eigenvalue weighted by Gasteiger charge is 2.27. The van der Waals surface area contributed by atoms with Crippen LogP contribution in [0.15, 0.2) is 48.5 Å². The Bertz CT molecular complexity index is 709. The molecule has 2 aromatic carbocycles. The summed E-state index contributed by atoms with van der Waals surface area (Å²) in [4.78, 5) is 26.3. The SMILES string of the molecule is COc1cccc(C(=O)N2CCC(=O)c3ccccc32)c1. The van der Waals surface area contributed by atoms with Gasteiger partial charge in [-0.25, -0.2) is 0 Å². The Labute approximate surface area is 123 Å². The highest BCUT2D eigenvalue weighted by Crippen LogP contribution is 2.28. The van der Waals surface area contributed by atoms with Crippen LogP contribution in [0.2, 0.25) is 0 Å². The summed E-state index contributed by atoms with van der Waals surface area (Å²) in [6, 6.07) is 14.3. The molecule has 3 rings (SSSR count). The van der Waals surface area contributed by atoms with Crippen LogP contribution in [0.5, 0.6) is 5.75 Å². The van der Waals surface area contributed by atoms with Gasteiger partial charge in [0.25, 0.3) is 5.91 Å². The lowest BCUT2D eigenvalue weighted by Gasteiger charge is -2.28. The van der Waals surface area contributed by atoms with Crippen LogP contribution in [-0.4, -0.2) is 25.3 Å². The fraction of sp³-hybridized carbons (Fsp3) is 0.176. The third-order valence-electron chi connectivity index (χ3n) is 3.62. The number of hydrogen-bond acceptors (Lipinski definition) is 3. The van der Waals surface area contributed by atoms with E-state index in [4.69, 9.17) is 4.74 Å². The van der Waals surface area contributed by atoms with Gasteiger partial charge in [0.05, 0.1) is 12.8 Å². The monoisotopic (exact) mass is 281 g/mol. The van der Waals surface area contributed by atoms with Gasteiger partial charge in [0, 0.05) is 24.1 Å². The second kappa shape index (κ2) is 5.40. The van der Waals surface area contributed by atoms with Gasteiger partial charge in [-0.05, 0) is 30.3 Å². The first-order valence-corrected chi connectivity index (χ1v) is 6.79.